The number of fused-ring (bicyclic) bond motifs is 2. The zero-order chi connectivity index (χ0) is 24.7. The van der Waals surface area contributed by atoms with Crippen LogP contribution in [0, 0.1) is 0 Å². The summed E-state index contributed by atoms with van der Waals surface area (Å²) in [4.78, 5) is 42.7. The fourth-order valence-electron chi connectivity index (χ4n) is 3.96. The lowest BCUT2D eigenvalue weighted by atomic mass is 10.1. The predicted molar refractivity (Wildman–Crippen MR) is 141 cm³/mol. The molecule has 1 aliphatic rings. The molecular formula is C26H18BrClN2O4S. The Bertz CT molecular complexity index is 1450. The Morgan fingerprint density at radius 1 is 1.03 bits per heavy atom. The zero-order valence-corrected chi connectivity index (χ0v) is 21.6. The summed E-state index contributed by atoms with van der Waals surface area (Å²) in [5, 5.41) is 1.09. The number of carbonyl (C=O) groups is 3. The van der Waals surface area contributed by atoms with Crippen LogP contribution in [0.3, 0.4) is 0 Å². The SMILES string of the molecule is CCOc1ccc(N(CN2C(=O)c3ccccc3C2=O)C(=O)c2sc3cc(Br)ccc3c2Cl)cc1. The molecule has 9 heteroatoms. The quantitative estimate of drug-likeness (QED) is 0.245. The summed E-state index contributed by atoms with van der Waals surface area (Å²) in [7, 11) is 0. The van der Waals surface area contributed by atoms with Gasteiger partial charge in [0.25, 0.3) is 17.7 Å². The van der Waals surface area contributed by atoms with Crippen LogP contribution in [-0.2, 0) is 0 Å². The van der Waals surface area contributed by atoms with Crippen LogP contribution in [-0.4, -0.2) is 35.9 Å². The Kier molecular flexibility index (Phi) is 6.35. The summed E-state index contributed by atoms with van der Waals surface area (Å²) in [5.74, 6) is -0.649. The average Bonchev–Trinajstić information content (AvgIpc) is 3.31. The molecule has 0 spiro atoms. The molecule has 1 aliphatic heterocycles. The smallest absolute Gasteiger partial charge is 0.271 e. The van der Waals surface area contributed by atoms with Gasteiger partial charge in [0.1, 0.15) is 17.3 Å². The molecule has 4 aromatic rings. The molecule has 0 saturated carbocycles. The van der Waals surface area contributed by atoms with E-state index >= 15 is 0 Å². The zero-order valence-electron chi connectivity index (χ0n) is 18.5. The third kappa shape index (κ3) is 4.22. The Labute approximate surface area is 218 Å². The number of benzene rings is 3. The maximum absolute atomic E-state index is 13.9. The summed E-state index contributed by atoms with van der Waals surface area (Å²) >= 11 is 11.3. The second kappa shape index (κ2) is 9.45. The number of halogens is 2. The molecule has 3 amide bonds. The van der Waals surface area contributed by atoms with Gasteiger partial charge in [-0.1, -0.05) is 45.7 Å². The van der Waals surface area contributed by atoms with E-state index in [1.54, 1.807) is 48.5 Å². The second-order valence-corrected chi connectivity index (χ2v) is 10.1. The number of thiophene rings is 1. The van der Waals surface area contributed by atoms with Crippen LogP contribution >= 0.6 is 38.9 Å². The van der Waals surface area contributed by atoms with Gasteiger partial charge in [-0.2, -0.15) is 0 Å². The van der Waals surface area contributed by atoms with Gasteiger partial charge in [0.05, 0.1) is 22.8 Å². The van der Waals surface area contributed by atoms with E-state index in [0.29, 0.717) is 39.1 Å². The standard InChI is InChI=1S/C26H18BrClN2O4S/c1-2-34-17-10-8-16(9-11-17)29(14-30-24(31)18-5-3-4-6-19(18)25(30)32)26(33)23-22(28)20-12-7-15(27)13-21(20)35-23/h3-13H,2,14H2,1H3. The third-order valence-corrected chi connectivity index (χ3v) is 7.79. The molecule has 0 unspecified atom stereocenters. The number of hydrogen-bond donors (Lipinski definition) is 0. The van der Waals surface area contributed by atoms with Crippen molar-refractivity contribution in [3.05, 3.63) is 92.2 Å². The Morgan fingerprint density at radius 2 is 1.69 bits per heavy atom. The van der Waals surface area contributed by atoms with E-state index in [2.05, 4.69) is 15.9 Å². The van der Waals surface area contributed by atoms with E-state index in [4.69, 9.17) is 16.3 Å². The molecule has 0 saturated heterocycles. The molecule has 3 aromatic carbocycles. The van der Waals surface area contributed by atoms with E-state index in [1.165, 1.54) is 16.2 Å². The van der Waals surface area contributed by atoms with Crippen LogP contribution in [0.5, 0.6) is 5.75 Å². The number of amides is 3. The van der Waals surface area contributed by atoms with Crippen LogP contribution < -0.4 is 9.64 Å². The minimum atomic E-state index is -0.444. The summed E-state index contributed by atoms with van der Waals surface area (Å²) < 4.78 is 7.24. The van der Waals surface area contributed by atoms with Gasteiger partial charge in [-0.15, -0.1) is 11.3 Å². The van der Waals surface area contributed by atoms with Crippen molar-refractivity contribution in [3.63, 3.8) is 0 Å². The number of imide groups is 1. The van der Waals surface area contributed by atoms with E-state index in [-0.39, 0.29) is 6.67 Å². The summed E-state index contributed by atoms with van der Waals surface area (Å²) in [6.45, 7) is 2.13. The summed E-state index contributed by atoms with van der Waals surface area (Å²) in [6, 6.07) is 19.2. The van der Waals surface area contributed by atoms with Crippen molar-refractivity contribution >= 4 is 72.4 Å². The maximum Gasteiger partial charge on any atom is 0.271 e. The number of hydrogen-bond acceptors (Lipinski definition) is 5. The van der Waals surface area contributed by atoms with Crippen molar-refractivity contribution in [1.29, 1.82) is 0 Å². The van der Waals surface area contributed by atoms with Crippen LogP contribution in [0.25, 0.3) is 10.1 Å². The largest absolute Gasteiger partial charge is 0.494 e. The Morgan fingerprint density at radius 3 is 2.31 bits per heavy atom. The first kappa shape index (κ1) is 23.5. The molecule has 35 heavy (non-hydrogen) atoms. The molecule has 0 radical (unpaired) electrons. The normalized spacial score (nSPS) is 12.8. The molecule has 0 bridgehead atoms. The van der Waals surface area contributed by atoms with E-state index in [1.807, 2.05) is 25.1 Å². The monoisotopic (exact) mass is 568 g/mol. The van der Waals surface area contributed by atoms with Crippen molar-refractivity contribution in [2.24, 2.45) is 0 Å². The fourth-order valence-corrected chi connectivity index (χ4v) is 5.97. The van der Waals surface area contributed by atoms with Crippen molar-refractivity contribution in [1.82, 2.24) is 4.90 Å². The van der Waals surface area contributed by atoms with Gasteiger partial charge in [-0.05, 0) is 55.5 Å². The fraction of sp³-hybridized carbons (Fsp3) is 0.115. The molecule has 176 valence electrons. The van der Waals surface area contributed by atoms with Gasteiger partial charge in [-0.25, -0.2) is 0 Å². The van der Waals surface area contributed by atoms with Gasteiger partial charge in [0.2, 0.25) is 0 Å². The third-order valence-electron chi connectivity index (χ3n) is 5.65. The van der Waals surface area contributed by atoms with E-state index in [0.717, 1.165) is 19.5 Å². The lowest BCUT2D eigenvalue weighted by Gasteiger charge is -2.27. The van der Waals surface area contributed by atoms with Crippen LogP contribution in [0.2, 0.25) is 5.02 Å². The van der Waals surface area contributed by atoms with E-state index < -0.39 is 17.7 Å². The first-order valence-corrected chi connectivity index (χ1v) is 12.7. The first-order valence-electron chi connectivity index (χ1n) is 10.8. The lowest BCUT2D eigenvalue weighted by molar-refractivity contribution is 0.0650. The Balaban J connectivity index is 1.55. The molecule has 0 fully saturated rings. The highest BCUT2D eigenvalue weighted by Crippen LogP contribution is 2.38. The van der Waals surface area contributed by atoms with Crippen molar-refractivity contribution in [2.75, 3.05) is 18.2 Å². The average molecular weight is 570 g/mol. The Hall–Kier alpha value is -3.20. The van der Waals surface area contributed by atoms with Crippen LogP contribution in [0.15, 0.2) is 71.2 Å². The minimum absolute atomic E-state index is 0.257. The van der Waals surface area contributed by atoms with Gasteiger partial charge in [-0.3, -0.25) is 24.2 Å². The van der Waals surface area contributed by atoms with Gasteiger partial charge in [0.15, 0.2) is 0 Å². The minimum Gasteiger partial charge on any atom is -0.494 e. The topological polar surface area (TPSA) is 66.9 Å². The highest BCUT2D eigenvalue weighted by atomic mass is 79.9. The summed E-state index contributed by atoms with van der Waals surface area (Å²) in [6.07, 6.45) is 0. The molecular weight excluding hydrogens is 552 g/mol. The van der Waals surface area contributed by atoms with Gasteiger partial charge >= 0.3 is 0 Å². The van der Waals surface area contributed by atoms with Crippen LogP contribution in [0.4, 0.5) is 5.69 Å². The number of carbonyl (C=O) groups excluding carboxylic acids is 3. The van der Waals surface area contributed by atoms with E-state index in [9.17, 15) is 14.4 Å². The highest BCUT2D eigenvalue weighted by Gasteiger charge is 2.38. The second-order valence-electron chi connectivity index (χ2n) is 7.77. The highest BCUT2D eigenvalue weighted by molar-refractivity contribution is 9.10. The molecule has 1 aromatic heterocycles. The van der Waals surface area contributed by atoms with Crippen molar-refractivity contribution in [3.8, 4) is 5.75 Å². The maximum atomic E-state index is 13.9. The number of nitrogens with zero attached hydrogens (tertiary/aromatic N) is 2. The van der Waals surface area contributed by atoms with Crippen molar-refractivity contribution < 1.29 is 19.1 Å². The first-order chi connectivity index (χ1) is 16.9. The molecule has 2 heterocycles. The number of rotatable bonds is 6. The molecule has 0 aliphatic carbocycles. The summed E-state index contributed by atoms with van der Waals surface area (Å²) in [5.41, 5.74) is 1.15. The van der Waals surface area contributed by atoms with Gasteiger partial charge in [0, 0.05) is 20.2 Å². The number of anilines is 1. The molecule has 0 N–H and O–H groups in total. The van der Waals surface area contributed by atoms with Crippen molar-refractivity contribution in [2.45, 2.75) is 6.92 Å². The van der Waals surface area contributed by atoms with Crippen LogP contribution in [0.1, 0.15) is 37.3 Å². The molecule has 0 atom stereocenters. The molecule has 5 rings (SSSR count). The number of ether oxygens (including phenoxy) is 1. The molecule has 6 nitrogen and oxygen atoms in total. The lowest BCUT2D eigenvalue weighted by Crippen LogP contribution is -2.44. The van der Waals surface area contributed by atoms with Gasteiger partial charge < -0.3 is 4.74 Å². The predicted octanol–water partition coefficient (Wildman–Crippen LogP) is 6.62.